The highest BCUT2D eigenvalue weighted by molar-refractivity contribution is 5.78. The van der Waals surface area contributed by atoms with Crippen LogP contribution in [0.5, 0.6) is 0 Å². The minimum absolute atomic E-state index is 0.103. The van der Waals surface area contributed by atoms with Gasteiger partial charge in [0.05, 0.1) is 56.7 Å². The molecule has 0 radical (unpaired) electrons. The van der Waals surface area contributed by atoms with Crippen LogP contribution < -0.4 is 16.0 Å². The molecule has 4 saturated heterocycles. The van der Waals surface area contributed by atoms with Crippen LogP contribution in [0.4, 0.5) is 0 Å². The van der Waals surface area contributed by atoms with Gasteiger partial charge in [-0.3, -0.25) is 14.4 Å². The summed E-state index contributed by atoms with van der Waals surface area (Å²) < 4.78 is 51.0. The number of esters is 1. The topological polar surface area (TPSA) is 236 Å². The fourth-order valence-corrected chi connectivity index (χ4v) is 6.87. The van der Waals surface area contributed by atoms with E-state index in [2.05, 4.69) is 26.0 Å². The lowest BCUT2D eigenvalue weighted by Crippen LogP contribution is -2.52. The second-order valence-corrected chi connectivity index (χ2v) is 15.1. The average Bonchev–Trinajstić information content (AvgIpc) is 3.14. The first-order chi connectivity index (χ1) is 26.5. The lowest BCUT2D eigenvalue weighted by molar-refractivity contribution is -0.162. The molecule has 4 fully saturated rings. The number of ether oxygens (including phenoxy) is 9. The standard InChI is InChI=1S/C36H60N6O13/c1-36(2,3)55-35(46)23-50-18-30-26(10-6-14-53-30)40-33(44)21-48-16-28-24(8-4-12-51-28)38-32(43)20-47-17-29-25(9-5-13-52-29)39-34(45)22-49-19-31-27(41-42-37)11-7-15-54-31/h24-31H,4-23H2,1-3H3,(H,38,43)(H,39,45)(H,40,44)/t24-,25-,26-,27-,28-,29-,30-,31-/m1/s1. The van der Waals surface area contributed by atoms with Gasteiger partial charge in [0.2, 0.25) is 17.7 Å². The molecule has 19 heteroatoms. The van der Waals surface area contributed by atoms with E-state index in [1.54, 1.807) is 20.8 Å². The van der Waals surface area contributed by atoms with E-state index in [9.17, 15) is 19.2 Å². The van der Waals surface area contributed by atoms with Crippen molar-refractivity contribution in [2.45, 2.75) is 126 Å². The lowest BCUT2D eigenvalue weighted by atomic mass is 10.0. The van der Waals surface area contributed by atoms with E-state index >= 15 is 0 Å². The molecule has 312 valence electrons. The largest absolute Gasteiger partial charge is 0.458 e. The number of azide groups is 1. The molecule has 0 aromatic carbocycles. The zero-order valence-corrected chi connectivity index (χ0v) is 32.4. The van der Waals surface area contributed by atoms with Crippen molar-refractivity contribution in [1.82, 2.24) is 16.0 Å². The molecule has 0 aromatic heterocycles. The molecule has 3 N–H and O–H groups in total. The summed E-state index contributed by atoms with van der Waals surface area (Å²) in [7, 11) is 0. The van der Waals surface area contributed by atoms with E-state index in [4.69, 9.17) is 48.2 Å². The number of rotatable bonds is 20. The molecule has 0 aromatic rings. The number of amides is 3. The van der Waals surface area contributed by atoms with E-state index in [0.29, 0.717) is 52.1 Å². The van der Waals surface area contributed by atoms with E-state index in [0.717, 1.165) is 25.7 Å². The van der Waals surface area contributed by atoms with Crippen molar-refractivity contribution in [3.8, 4) is 0 Å². The second-order valence-electron chi connectivity index (χ2n) is 15.1. The first kappa shape index (κ1) is 44.6. The summed E-state index contributed by atoms with van der Waals surface area (Å²) in [5.74, 6) is -1.43. The van der Waals surface area contributed by atoms with Crippen molar-refractivity contribution >= 4 is 23.7 Å². The summed E-state index contributed by atoms with van der Waals surface area (Å²) >= 11 is 0. The van der Waals surface area contributed by atoms with E-state index in [-0.39, 0.29) is 101 Å². The summed E-state index contributed by atoms with van der Waals surface area (Å²) in [5, 5.41) is 12.6. The molecule has 3 amide bonds. The first-order valence-electron chi connectivity index (χ1n) is 19.4. The van der Waals surface area contributed by atoms with Gasteiger partial charge in [-0.25, -0.2) is 4.79 Å². The Balaban J connectivity index is 1.11. The van der Waals surface area contributed by atoms with E-state index in [1.807, 2.05) is 0 Å². The molecule has 0 spiro atoms. The molecular weight excluding hydrogens is 724 g/mol. The fraction of sp³-hybridized carbons (Fsp3) is 0.889. The number of carbonyl (C=O) groups excluding carboxylic acids is 4. The third kappa shape index (κ3) is 16.9. The molecular formula is C36H60N6O13. The van der Waals surface area contributed by atoms with Crippen molar-refractivity contribution in [3.63, 3.8) is 0 Å². The number of nitrogens with zero attached hydrogens (tertiary/aromatic N) is 3. The average molecular weight is 785 g/mol. The SMILES string of the molecule is CC(C)(C)OC(=O)COC[C@H]1OCCC[C@H]1NC(=O)COC[C@H]1OCCC[C@H]1NC(=O)COC[C@H]1OCCC[C@H]1NC(=O)COC[C@H]1OCCC[C@H]1N=[N+]=[N-]. The summed E-state index contributed by atoms with van der Waals surface area (Å²) in [4.78, 5) is 53.1. The van der Waals surface area contributed by atoms with Gasteiger partial charge in [-0.1, -0.05) is 5.11 Å². The molecule has 4 aliphatic rings. The van der Waals surface area contributed by atoms with E-state index < -0.39 is 29.9 Å². The van der Waals surface area contributed by atoms with Gasteiger partial charge in [-0.2, -0.15) is 0 Å². The molecule has 8 atom stereocenters. The van der Waals surface area contributed by atoms with Crippen LogP contribution in [0.3, 0.4) is 0 Å². The third-order valence-electron chi connectivity index (χ3n) is 9.43. The fourth-order valence-electron chi connectivity index (χ4n) is 6.87. The number of hydrogen-bond acceptors (Lipinski definition) is 14. The second kappa shape index (κ2) is 23.8. The van der Waals surface area contributed by atoms with Crippen molar-refractivity contribution in [2.24, 2.45) is 5.11 Å². The zero-order valence-electron chi connectivity index (χ0n) is 32.4. The molecule has 55 heavy (non-hydrogen) atoms. The smallest absolute Gasteiger partial charge is 0.332 e. The predicted molar refractivity (Wildman–Crippen MR) is 194 cm³/mol. The number of nitrogens with one attached hydrogen (secondary N) is 3. The Morgan fingerprint density at radius 2 is 0.964 bits per heavy atom. The molecule has 0 aliphatic carbocycles. The maximum absolute atomic E-state index is 12.9. The van der Waals surface area contributed by atoms with Crippen LogP contribution in [0.25, 0.3) is 10.4 Å². The van der Waals surface area contributed by atoms with Gasteiger partial charge in [0.25, 0.3) is 0 Å². The molecule has 0 bridgehead atoms. The molecule has 4 heterocycles. The van der Waals surface area contributed by atoms with Crippen LogP contribution in [0.1, 0.15) is 72.1 Å². The Kier molecular flexibility index (Phi) is 19.3. The van der Waals surface area contributed by atoms with Crippen molar-refractivity contribution in [1.29, 1.82) is 0 Å². The number of hydrogen-bond donors (Lipinski definition) is 3. The van der Waals surface area contributed by atoms with Crippen molar-refractivity contribution in [2.75, 3.05) is 79.3 Å². The third-order valence-corrected chi connectivity index (χ3v) is 9.43. The van der Waals surface area contributed by atoms with Crippen molar-refractivity contribution in [3.05, 3.63) is 10.4 Å². The Morgan fingerprint density at radius 3 is 1.36 bits per heavy atom. The first-order valence-corrected chi connectivity index (χ1v) is 19.4. The highest BCUT2D eigenvalue weighted by atomic mass is 16.6. The molecule has 19 nitrogen and oxygen atoms in total. The highest BCUT2D eigenvalue weighted by Gasteiger charge is 2.32. The Bertz CT molecular complexity index is 1260. The maximum Gasteiger partial charge on any atom is 0.332 e. The molecule has 4 rings (SSSR count). The van der Waals surface area contributed by atoms with Crippen LogP contribution in [0.15, 0.2) is 5.11 Å². The van der Waals surface area contributed by atoms with Crippen LogP contribution in [0.2, 0.25) is 0 Å². The maximum atomic E-state index is 12.9. The van der Waals surface area contributed by atoms with Crippen LogP contribution in [0, 0.1) is 0 Å². The summed E-state index contributed by atoms with van der Waals surface area (Å²) in [5.41, 5.74) is 8.18. The predicted octanol–water partition coefficient (Wildman–Crippen LogP) is 1.24. The normalized spacial score (nSPS) is 28.6. The number of carbonyl (C=O) groups is 4. The molecule has 0 unspecified atom stereocenters. The van der Waals surface area contributed by atoms with Crippen LogP contribution in [-0.4, -0.2) is 157 Å². The van der Waals surface area contributed by atoms with Gasteiger partial charge < -0.3 is 58.6 Å². The Morgan fingerprint density at radius 1 is 0.600 bits per heavy atom. The molecule has 0 saturated carbocycles. The Hall–Kier alpha value is -3.13. The van der Waals surface area contributed by atoms with Gasteiger partial charge in [-0.05, 0) is 77.7 Å². The highest BCUT2D eigenvalue weighted by Crippen LogP contribution is 2.20. The van der Waals surface area contributed by atoms with Crippen LogP contribution in [-0.2, 0) is 61.8 Å². The minimum Gasteiger partial charge on any atom is -0.458 e. The monoisotopic (exact) mass is 784 g/mol. The van der Waals surface area contributed by atoms with Gasteiger partial charge in [0, 0.05) is 31.3 Å². The van der Waals surface area contributed by atoms with E-state index in [1.165, 1.54) is 0 Å². The van der Waals surface area contributed by atoms with Gasteiger partial charge in [0.1, 0.15) is 50.3 Å². The summed E-state index contributed by atoms with van der Waals surface area (Å²) in [6.07, 6.45) is 4.19. The quantitative estimate of drug-likeness (QED) is 0.0683. The zero-order chi connectivity index (χ0) is 39.5. The lowest BCUT2D eigenvalue weighted by Gasteiger charge is -2.33. The summed E-state index contributed by atoms with van der Waals surface area (Å²) in [6.45, 7) is 7.13. The minimum atomic E-state index is -0.607. The van der Waals surface area contributed by atoms with Crippen molar-refractivity contribution < 1.29 is 61.8 Å². The Labute approximate surface area is 322 Å². The van der Waals surface area contributed by atoms with Gasteiger partial charge in [-0.15, -0.1) is 0 Å². The van der Waals surface area contributed by atoms with Gasteiger partial charge in [0.15, 0.2) is 0 Å². The molecule has 4 aliphatic heterocycles. The van der Waals surface area contributed by atoms with Crippen LogP contribution >= 0.6 is 0 Å². The summed E-state index contributed by atoms with van der Waals surface area (Å²) in [6, 6.07) is -1.26. The van der Waals surface area contributed by atoms with Gasteiger partial charge >= 0.3 is 5.97 Å².